The van der Waals surface area contributed by atoms with Crippen LogP contribution in [0.3, 0.4) is 0 Å². The molecule has 2 aliphatic rings. The Labute approximate surface area is 149 Å². The van der Waals surface area contributed by atoms with E-state index in [9.17, 15) is 18.3 Å². The van der Waals surface area contributed by atoms with E-state index < -0.39 is 10.0 Å². The van der Waals surface area contributed by atoms with Gasteiger partial charge in [0, 0.05) is 31.8 Å². The number of hydrogen-bond donors (Lipinski definition) is 2. The normalized spacial score (nSPS) is 24.0. The molecule has 1 fully saturated rings. The zero-order valence-electron chi connectivity index (χ0n) is 14.6. The zero-order valence-corrected chi connectivity index (χ0v) is 15.4. The highest BCUT2D eigenvalue weighted by molar-refractivity contribution is 7.89. The van der Waals surface area contributed by atoms with E-state index in [2.05, 4.69) is 4.72 Å². The van der Waals surface area contributed by atoms with Crippen LogP contribution in [0.5, 0.6) is 0 Å². The van der Waals surface area contributed by atoms with Crippen molar-refractivity contribution in [2.75, 3.05) is 18.1 Å². The second-order valence-corrected chi connectivity index (χ2v) is 8.81. The molecular weight excluding hydrogens is 340 g/mol. The molecule has 1 aromatic carbocycles. The van der Waals surface area contributed by atoms with Crippen molar-refractivity contribution >= 4 is 21.6 Å². The van der Waals surface area contributed by atoms with E-state index in [4.69, 9.17) is 0 Å². The number of amides is 1. The Balaban J connectivity index is 1.80. The highest BCUT2D eigenvalue weighted by atomic mass is 32.2. The van der Waals surface area contributed by atoms with Gasteiger partial charge in [-0.2, -0.15) is 0 Å². The molecule has 1 saturated carbocycles. The van der Waals surface area contributed by atoms with Crippen LogP contribution in [-0.4, -0.2) is 38.6 Å². The SMILES string of the molecule is CC(=O)N1CCCc2cc(S(=O)(=O)N[C@@H]3CCC[C@@H](CO)C3)ccc21. The Kier molecular flexibility index (Phi) is 5.46. The number of benzene rings is 1. The summed E-state index contributed by atoms with van der Waals surface area (Å²) < 4.78 is 28.3. The Bertz CT molecular complexity index is 747. The lowest BCUT2D eigenvalue weighted by Gasteiger charge is -2.30. The van der Waals surface area contributed by atoms with Crippen LogP contribution in [0.25, 0.3) is 0 Å². The highest BCUT2D eigenvalue weighted by Crippen LogP contribution is 2.30. The van der Waals surface area contributed by atoms with E-state index in [1.165, 1.54) is 6.92 Å². The predicted molar refractivity (Wildman–Crippen MR) is 95.9 cm³/mol. The smallest absolute Gasteiger partial charge is 0.240 e. The summed E-state index contributed by atoms with van der Waals surface area (Å²) in [5.41, 5.74) is 1.72. The van der Waals surface area contributed by atoms with Gasteiger partial charge in [0.15, 0.2) is 0 Å². The van der Waals surface area contributed by atoms with Gasteiger partial charge in [-0.3, -0.25) is 4.79 Å². The summed E-state index contributed by atoms with van der Waals surface area (Å²) in [6.45, 7) is 2.32. The molecular formula is C18H26N2O4S. The van der Waals surface area contributed by atoms with Crippen molar-refractivity contribution in [1.29, 1.82) is 0 Å². The first kappa shape index (κ1) is 18.4. The molecule has 0 radical (unpaired) electrons. The lowest BCUT2D eigenvalue weighted by atomic mass is 9.87. The van der Waals surface area contributed by atoms with E-state index in [-0.39, 0.29) is 29.4 Å². The van der Waals surface area contributed by atoms with E-state index in [1.807, 2.05) is 0 Å². The summed E-state index contributed by atoms with van der Waals surface area (Å²) in [5.74, 6) is 0.154. The summed E-state index contributed by atoms with van der Waals surface area (Å²) in [4.78, 5) is 13.7. The first-order valence-electron chi connectivity index (χ1n) is 8.95. The zero-order chi connectivity index (χ0) is 18.0. The topological polar surface area (TPSA) is 86.7 Å². The molecule has 138 valence electrons. The van der Waals surface area contributed by atoms with Crippen molar-refractivity contribution in [3.63, 3.8) is 0 Å². The molecule has 0 unspecified atom stereocenters. The van der Waals surface area contributed by atoms with Crippen LogP contribution in [0, 0.1) is 5.92 Å². The molecule has 0 saturated heterocycles. The van der Waals surface area contributed by atoms with E-state index >= 15 is 0 Å². The van der Waals surface area contributed by atoms with Crippen LogP contribution in [0.2, 0.25) is 0 Å². The first-order chi connectivity index (χ1) is 11.9. The fraction of sp³-hybridized carbons (Fsp3) is 0.611. The molecule has 2 atom stereocenters. The van der Waals surface area contributed by atoms with Gasteiger partial charge in [-0.15, -0.1) is 0 Å². The highest BCUT2D eigenvalue weighted by Gasteiger charge is 2.27. The van der Waals surface area contributed by atoms with Gasteiger partial charge < -0.3 is 10.0 Å². The van der Waals surface area contributed by atoms with Crippen LogP contribution < -0.4 is 9.62 Å². The second kappa shape index (κ2) is 7.43. The Morgan fingerprint density at radius 2 is 2.12 bits per heavy atom. The van der Waals surface area contributed by atoms with Crippen LogP contribution >= 0.6 is 0 Å². The number of rotatable bonds is 4. The summed E-state index contributed by atoms with van der Waals surface area (Å²) in [7, 11) is -3.60. The minimum atomic E-state index is -3.60. The number of aryl methyl sites for hydroxylation is 1. The third-order valence-corrected chi connectivity index (χ3v) is 6.74. The van der Waals surface area contributed by atoms with Crippen LogP contribution in [0.4, 0.5) is 5.69 Å². The maximum Gasteiger partial charge on any atom is 0.240 e. The molecule has 7 heteroatoms. The summed E-state index contributed by atoms with van der Waals surface area (Å²) in [6.07, 6.45) is 4.98. The number of nitrogens with zero attached hydrogens (tertiary/aromatic N) is 1. The molecule has 1 aromatic rings. The van der Waals surface area contributed by atoms with Gasteiger partial charge >= 0.3 is 0 Å². The fourth-order valence-electron chi connectivity index (χ4n) is 3.92. The second-order valence-electron chi connectivity index (χ2n) is 7.10. The number of carbonyl (C=O) groups is 1. The van der Waals surface area contributed by atoms with Crippen LogP contribution in [-0.2, 0) is 21.2 Å². The Hall–Kier alpha value is -1.44. The van der Waals surface area contributed by atoms with Gasteiger partial charge in [0.05, 0.1) is 4.90 Å². The van der Waals surface area contributed by atoms with E-state index in [1.54, 1.807) is 23.1 Å². The van der Waals surface area contributed by atoms with Crippen molar-refractivity contribution < 1.29 is 18.3 Å². The number of anilines is 1. The monoisotopic (exact) mass is 366 g/mol. The molecule has 1 amide bonds. The van der Waals surface area contributed by atoms with Gasteiger partial charge in [0.2, 0.25) is 15.9 Å². The van der Waals surface area contributed by atoms with E-state index in [0.29, 0.717) is 13.0 Å². The van der Waals surface area contributed by atoms with Crippen molar-refractivity contribution in [3.05, 3.63) is 23.8 Å². The molecule has 25 heavy (non-hydrogen) atoms. The maximum atomic E-state index is 12.7. The average Bonchev–Trinajstić information content (AvgIpc) is 2.60. The molecule has 1 heterocycles. The van der Waals surface area contributed by atoms with Crippen molar-refractivity contribution in [3.8, 4) is 0 Å². The summed E-state index contributed by atoms with van der Waals surface area (Å²) >= 11 is 0. The predicted octanol–water partition coefficient (Wildman–Crippen LogP) is 1.82. The number of carbonyl (C=O) groups excluding carboxylic acids is 1. The first-order valence-corrected chi connectivity index (χ1v) is 10.4. The van der Waals surface area contributed by atoms with Gasteiger partial charge in [0.25, 0.3) is 0 Å². The fourth-order valence-corrected chi connectivity index (χ4v) is 5.25. The van der Waals surface area contributed by atoms with Crippen molar-refractivity contribution in [2.24, 2.45) is 5.92 Å². The van der Waals surface area contributed by atoms with Crippen LogP contribution in [0.1, 0.15) is 44.6 Å². The average molecular weight is 366 g/mol. The summed E-state index contributed by atoms with van der Waals surface area (Å²) in [6, 6.07) is 4.89. The Morgan fingerprint density at radius 3 is 2.84 bits per heavy atom. The van der Waals surface area contributed by atoms with Crippen molar-refractivity contribution in [2.45, 2.75) is 56.4 Å². The molecule has 0 spiro atoms. The number of hydrogen-bond acceptors (Lipinski definition) is 4. The number of aliphatic hydroxyl groups excluding tert-OH is 1. The molecule has 0 aromatic heterocycles. The van der Waals surface area contributed by atoms with Gasteiger partial charge in [-0.05, 0) is 61.8 Å². The maximum absolute atomic E-state index is 12.7. The van der Waals surface area contributed by atoms with Gasteiger partial charge in [-0.25, -0.2) is 13.1 Å². The third-order valence-electron chi connectivity index (χ3n) is 5.22. The molecule has 6 nitrogen and oxygen atoms in total. The minimum Gasteiger partial charge on any atom is -0.396 e. The quantitative estimate of drug-likeness (QED) is 0.851. The Morgan fingerprint density at radius 1 is 1.32 bits per heavy atom. The van der Waals surface area contributed by atoms with Gasteiger partial charge in [-0.1, -0.05) is 6.42 Å². The largest absolute Gasteiger partial charge is 0.396 e. The molecule has 2 N–H and O–H groups in total. The number of aliphatic hydroxyl groups is 1. The van der Waals surface area contributed by atoms with Crippen molar-refractivity contribution in [1.82, 2.24) is 4.72 Å². The minimum absolute atomic E-state index is 0.0214. The third kappa shape index (κ3) is 4.04. The molecule has 3 rings (SSSR count). The van der Waals surface area contributed by atoms with Gasteiger partial charge in [0.1, 0.15) is 0 Å². The molecule has 0 bridgehead atoms. The van der Waals surface area contributed by atoms with Crippen LogP contribution in [0.15, 0.2) is 23.1 Å². The van der Waals surface area contributed by atoms with E-state index in [0.717, 1.165) is 43.4 Å². The lowest BCUT2D eigenvalue weighted by molar-refractivity contribution is -0.116. The standard InChI is InChI=1S/C18H26N2O4S/c1-13(22)20-9-3-5-15-11-17(7-8-18(15)20)25(23,24)19-16-6-2-4-14(10-16)12-21/h7-8,11,14,16,19,21H,2-6,9-10,12H2,1H3/t14-,16-/m1/s1. The lowest BCUT2D eigenvalue weighted by Crippen LogP contribution is -2.39. The number of fused-ring (bicyclic) bond motifs is 1. The number of sulfonamides is 1. The number of nitrogens with one attached hydrogen (secondary N) is 1. The molecule has 1 aliphatic carbocycles. The summed E-state index contributed by atoms with van der Waals surface area (Å²) in [5, 5.41) is 9.32. The molecule has 1 aliphatic heterocycles.